The van der Waals surface area contributed by atoms with Gasteiger partial charge in [-0.05, 0) is 85.2 Å². The minimum Gasteiger partial charge on any atom is -0.350 e. The molecule has 1 aliphatic rings. The zero-order valence-corrected chi connectivity index (χ0v) is 21.0. The van der Waals surface area contributed by atoms with Crippen molar-refractivity contribution in [1.82, 2.24) is 0 Å². The summed E-state index contributed by atoms with van der Waals surface area (Å²) >= 11 is 0. The van der Waals surface area contributed by atoms with Crippen molar-refractivity contribution in [1.29, 1.82) is 0 Å². The minimum absolute atomic E-state index is 0.0179. The first kappa shape index (κ1) is 23.5. The summed E-state index contributed by atoms with van der Waals surface area (Å²) in [7, 11) is 0. The molecule has 2 amide bonds. The van der Waals surface area contributed by atoms with E-state index >= 15 is 0 Å². The fourth-order valence-electron chi connectivity index (χ4n) is 4.30. The maximum absolute atomic E-state index is 13.8. The van der Waals surface area contributed by atoms with Crippen LogP contribution >= 0.6 is 0 Å². The van der Waals surface area contributed by atoms with Crippen LogP contribution in [0, 0.1) is 27.7 Å². The van der Waals surface area contributed by atoms with E-state index in [2.05, 4.69) is 26.1 Å². The van der Waals surface area contributed by atoms with Gasteiger partial charge in [-0.15, -0.1) is 0 Å². The molecule has 0 fully saturated rings. The van der Waals surface area contributed by atoms with Crippen LogP contribution in [0.1, 0.15) is 54.2 Å². The second kappa shape index (κ2) is 8.60. The normalized spacial score (nSPS) is 14.3. The van der Waals surface area contributed by atoms with Crippen LogP contribution in [-0.4, -0.2) is 11.8 Å². The summed E-state index contributed by atoms with van der Waals surface area (Å²) in [5.74, 6) is -0.659. The van der Waals surface area contributed by atoms with Gasteiger partial charge in [0.2, 0.25) is 0 Å². The monoisotopic (exact) mass is 452 g/mol. The van der Waals surface area contributed by atoms with E-state index in [4.69, 9.17) is 0 Å². The lowest BCUT2D eigenvalue weighted by molar-refractivity contribution is -0.120. The van der Waals surface area contributed by atoms with Gasteiger partial charge in [0, 0.05) is 5.69 Å². The Morgan fingerprint density at radius 1 is 0.706 bits per heavy atom. The molecule has 0 aliphatic carbocycles. The third-order valence-electron chi connectivity index (χ3n) is 6.50. The van der Waals surface area contributed by atoms with Crippen LogP contribution in [-0.2, 0) is 15.0 Å². The average Bonchev–Trinajstić information content (AvgIpc) is 3.00. The molecule has 1 aliphatic heterocycles. The molecule has 0 saturated heterocycles. The summed E-state index contributed by atoms with van der Waals surface area (Å²) in [4.78, 5) is 28.7. The first-order valence-corrected chi connectivity index (χ1v) is 11.6. The van der Waals surface area contributed by atoms with Crippen molar-refractivity contribution in [3.63, 3.8) is 0 Å². The van der Waals surface area contributed by atoms with Crippen LogP contribution in [0.15, 0.2) is 66.4 Å². The number of nitrogens with zero attached hydrogens (tertiary/aromatic N) is 1. The number of carbonyl (C=O) groups excluding carboxylic acids is 2. The summed E-state index contributed by atoms with van der Waals surface area (Å²) in [6, 6.07) is 19.6. The van der Waals surface area contributed by atoms with Gasteiger partial charge in [0.1, 0.15) is 5.70 Å². The van der Waals surface area contributed by atoms with Crippen LogP contribution in [0.4, 0.5) is 11.4 Å². The topological polar surface area (TPSA) is 49.4 Å². The maximum atomic E-state index is 13.8. The molecule has 34 heavy (non-hydrogen) atoms. The first-order valence-electron chi connectivity index (χ1n) is 11.6. The van der Waals surface area contributed by atoms with Crippen LogP contribution in [0.25, 0.3) is 5.57 Å². The van der Waals surface area contributed by atoms with Crippen molar-refractivity contribution in [2.45, 2.75) is 53.9 Å². The number of carbonyl (C=O) groups is 2. The number of amides is 2. The lowest BCUT2D eigenvalue weighted by Gasteiger charge is -2.21. The molecular formula is C30H32N2O2. The molecule has 4 heteroatoms. The number of rotatable bonds is 4. The van der Waals surface area contributed by atoms with Crippen LogP contribution in [0.2, 0.25) is 0 Å². The van der Waals surface area contributed by atoms with E-state index < -0.39 is 0 Å². The quantitative estimate of drug-likeness (QED) is 0.453. The Labute approximate surface area is 202 Å². The minimum atomic E-state index is -0.346. The number of anilines is 2. The van der Waals surface area contributed by atoms with Crippen LogP contribution in [0.5, 0.6) is 0 Å². The molecule has 4 rings (SSSR count). The number of hydrogen-bond donors (Lipinski definition) is 1. The molecule has 4 nitrogen and oxygen atoms in total. The smallest absolute Gasteiger partial charge is 0.282 e. The van der Waals surface area contributed by atoms with Gasteiger partial charge in [0.25, 0.3) is 11.8 Å². The number of hydrogen-bond acceptors (Lipinski definition) is 3. The van der Waals surface area contributed by atoms with Gasteiger partial charge < -0.3 is 5.32 Å². The second-order valence-electron chi connectivity index (χ2n) is 10.2. The largest absolute Gasteiger partial charge is 0.350 e. The molecule has 3 aromatic rings. The van der Waals surface area contributed by atoms with Crippen LogP contribution < -0.4 is 10.2 Å². The Kier molecular flexibility index (Phi) is 5.94. The molecule has 3 aromatic carbocycles. The van der Waals surface area contributed by atoms with Crippen molar-refractivity contribution in [2.24, 2.45) is 0 Å². The predicted octanol–water partition coefficient (Wildman–Crippen LogP) is 6.61. The van der Waals surface area contributed by atoms with E-state index in [1.54, 1.807) is 0 Å². The third kappa shape index (κ3) is 4.28. The summed E-state index contributed by atoms with van der Waals surface area (Å²) in [6.07, 6.45) is 0. The van der Waals surface area contributed by atoms with Gasteiger partial charge in [0.15, 0.2) is 0 Å². The number of aryl methyl sites for hydroxylation is 4. The highest BCUT2D eigenvalue weighted by molar-refractivity contribution is 6.46. The zero-order chi connectivity index (χ0) is 24.8. The van der Waals surface area contributed by atoms with Gasteiger partial charge in [0.05, 0.1) is 11.3 Å². The maximum Gasteiger partial charge on any atom is 0.282 e. The Morgan fingerprint density at radius 3 is 1.97 bits per heavy atom. The lowest BCUT2D eigenvalue weighted by Crippen LogP contribution is -2.32. The van der Waals surface area contributed by atoms with Crippen molar-refractivity contribution < 1.29 is 9.59 Å². The van der Waals surface area contributed by atoms with Gasteiger partial charge in [-0.2, -0.15) is 0 Å². The molecule has 0 spiro atoms. The lowest BCUT2D eigenvalue weighted by atomic mass is 9.87. The highest BCUT2D eigenvalue weighted by Crippen LogP contribution is 2.36. The first-order chi connectivity index (χ1) is 16.0. The summed E-state index contributed by atoms with van der Waals surface area (Å²) in [6.45, 7) is 14.5. The second-order valence-corrected chi connectivity index (χ2v) is 10.2. The molecule has 174 valence electrons. The standard InChI is InChI=1S/C30H32N2O2/c1-18-8-15-25(21(4)16-18)26-27(31-23-12-9-19(2)20(3)17-23)29(34)32(28(26)33)24-13-10-22(11-14-24)30(5,6)7/h8-17,31H,1-7H3. The number of nitrogens with one attached hydrogen (secondary N) is 1. The third-order valence-corrected chi connectivity index (χ3v) is 6.50. The molecule has 0 atom stereocenters. The Hall–Kier alpha value is -3.66. The zero-order valence-electron chi connectivity index (χ0n) is 21.0. The molecule has 1 N–H and O–H groups in total. The van der Waals surface area contributed by atoms with E-state index in [9.17, 15) is 9.59 Å². The molecule has 0 radical (unpaired) electrons. The van der Waals surface area contributed by atoms with Crippen molar-refractivity contribution in [3.05, 3.63) is 99.7 Å². The Bertz CT molecular complexity index is 1320. The van der Waals surface area contributed by atoms with E-state index in [1.807, 2.05) is 88.4 Å². The fraction of sp³-hybridized carbons (Fsp3) is 0.267. The Balaban J connectivity index is 1.82. The van der Waals surface area contributed by atoms with Gasteiger partial charge >= 0.3 is 0 Å². The number of imide groups is 1. The van der Waals surface area contributed by atoms with Gasteiger partial charge in [-0.3, -0.25) is 9.59 Å². The van der Waals surface area contributed by atoms with Gasteiger partial charge in [-0.1, -0.05) is 62.7 Å². The Morgan fingerprint density at radius 2 is 1.38 bits per heavy atom. The SMILES string of the molecule is Cc1ccc(C2=C(Nc3ccc(C)c(C)c3)C(=O)N(c3ccc(C(C)(C)C)cc3)C2=O)c(C)c1. The van der Waals surface area contributed by atoms with Crippen LogP contribution in [0.3, 0.4) is 0 Å². The van der Waals surface area contributed by atoms with Crippen molar-refractivity contribution >= 4 is 28.8 Å². The summed E-state index contributed by atoms with van der Waals surface area (Å²) in [5, 5.41) is 3.28. The average molecular weight is 453 g/mol. The number of benzene rings is 3. The van der Waals surface area contributed by atoms with Gasteiger partial charge in [-0.25, -0.2) is 4.90 Å². The van der Waals surface area contributed by atoms with Crippen molar-refractivity contribution in [2.75, 3.05) is 10.2 Å². The molecule has 0 saturated carbocycles. The molecule has 0 unspecified atom stereocenters. The highest BCUT2D eigenvalue weighted by atomic mass is 16.2. The van der Waals surface area contributed by atoms with E-state index in [1.165, 1.54) is 10.5 Å². The van der Waals surface area contributed by atoms with E-state index in [0.29, 0.717) is 17.0 Å². The molecular weight excluding hydrogens is 420 g/mol. The molecule has 0 aromatic heterocycles. The molecule has 1 heterocycles. The summed E-state index contributed by atoms with van der Waals surface area (Å²) < 4.78 is 0. The predicted molar refractivity (Wildman–Crippen MR) is 140 cm³/mol. The summed E-state index contributed by atoms with van der Waals surface area (Å²) in [5.41, 5.74) is 8.31. The molecule has 0 bridgehead atoms. The van der Waals surface area contributed by atoms with Crippen molar-refractivity contribution in [3.8, 4) is 0 Å². The highest BCUT2D eigenvalue weighted by Gasteiger charge is 2.40. The fourth-order valence-corrected chi connectivity index (χ4v) is 4.30. The van der Waals surface area contributed by atoms with E-state index in [0.717, 1.165) is 33.5 Å². The van der Waals surface area contributed by atoms with E-state index in [-0.39, 0.29) is 17.2 Å².